The van der Waals surface area contributed by atoms with Crippen molar-refractivity contribution >= 4 is 15.7 Å². The second-order valence-electron chi connectivity index (χ2n) is 7.98. The predicted octanol–water partition coefficient (Wildman–Crippen LogP) is 3.11. The molecule has 6 nitrogen and oxygen atoms in total. The Morgan fingerprint density at radius 2 is 1.57 bits per heavy atom. The zero-order valence-corrected chi connectivity index (χ0v) is 19.3. The van der Waals surface area contributed by atoms with E-state index in [-0.39, 0.29) is 0 Å². The lowest BCUT2D eigenvalue weighted by atomic mass is 10.1. The second kappa shape index (κ2) is 9.81. The Balaban J connectivity index is 1.43. The SMILES string of the molecule is COc1ccc(N2CCN(CCCNS(=O)(=O)c3cc(C)c(C)cc3C)CC2)cc1. The number of methoxy groups -OCH3 is 1. The zero-order chi connectivity index (χ0) is 21.7. The van der Waals surface area contributed by atoms with Gasteiger partial charge in [0.15, 0.2) is 0 Å². The summed E-state index contributed by atoms with van der Waals surface area (Å²) in [5, 5.41) is 0. The Bertz CT molecular complexity index is 950. The highest BCUT2D eigenvalue weighted by molar-refractivity contribution is 7.89. The normalized spacial score (nSPS) is 15.4. The van der Waals surface area contributed by atoms with Crippen LogP contribution in [0, 0.1) is 20.8 Å². The third-order valence-electron chi connectivity index (χ3n) is 5.83. The molecule has 1 aliphatic rings. The highest BCUT2D eigenvalue weighted by atomic mass is 32.2. The summed E-state index contributed by atoms with van der Waals surface area (Å²) in [6.07, 6.45) is 0.797. The number of aryl methyl sites for hydroxylation is 3. The van der Waals surface area contributed by atoms with Crippen LogP contribution < -0.4 is 14.4 Å². The van der Waals surface area contributed by atoms with Crippen LogP contribution in [-0.4, -0.2) is 59.7 Å². The molecule has 0 aromatic heterocycles. The van der Waals surface area contributed by atoms with Crippen LogP contribution in [0.4, 0.5) is 5.69 Å². The molecule has 30 heavy (non-hydrogen) atoms. The van der Waals surface area contributed by atoms with E-state index >= 15 is 0 Å². The van der Waals surface area contributed by atoms with Gasteiger partial charge < -0.3 is 9.64 Å². The highest BCUT2D eigenvalue weighted by Gasteiger charge is 2.19. The lowest BCUT2D eigenvalue weighted by Gasteiger charge is -2.36. The molecule has 0 saturated carbocycles. The molecule has 2 aromatic rings. The molecule has 1 N–H and O–H groups in total. The van der Waals surface area contributed by atoms with Crippen molar-refractivity contribution in [3.63, 3.8) is 0 Å². The summed E-state index contributed by atoms with van der Waals surface area (Å²) in [6, 6.07) is 11.9. The minimum Gasteiger partial charge on any atom is -0.497 e. The van der Waals surface area contributed by atoms with Crippen molar-refractivity contribution in [3.05, 3.63) is 53.1 Å². The molecule has 3 rings (SSSR count). The van der Waals surface area contributed by atoms with Gasteiger partial charge in [-0.15, -0.1) is 0 Å². The summed E-state index contributed by atoms with van der Waals surface area (Å²) in [7, 11) is -1.79. The van der Waals surface area contributed by atoms with Crippen molar-refractivity contribution in [2.24, 2.45) is 0 Å². The Hall–Kier alpha value is -2.09. The maximum Gasteiger partial charge on any atom is 0.240 e. The first-order valence-electron chi connectivity index (χ1n) is 10.5. The Morgan fingerprint density at radius 1 is 0.933 bits per heavy atom. The van der Waals surface area contributed by atoms with E-state index < -0.39 is 10.0 Å². The summed E-state index contributed by atoms with van der Waals surface area (Å²) in [5.41, 5.74) is 4.11. The van der Waals surface area contributed by atoms with Gasteiger partial charge in [0.25, 0.3) is 0 Å². The number of hydrogen-bond acceptors (Lipinski definition) is 5. The van der Waals surface area contributed by atoms with Crippen molar-refractivity contribution in [2.75, 3.05) is 51.3 Å². The van der Waals surface area contributed by atoms with E-state index in [9.17, 15) is 8.42 Å². The third kappa shape index (κ3) is 5.53. The van der Waals surface area contributed by atoms with Crippen LogP contribution >= 0.6 is 0 Å². The number of ether oxygens (including phenoxy) is 1. The predicted molar refractivity (Wildman–Crippen MR) is 122 cm³/mol. The number of hydrogen-bond donors (Lipinski definition) is 1. The minimum atomic E-state index is -3.47. The van der Waals surface area contributed by atoms with Crippen LogP contribution in [0.1, 0.15) is 23.1 Å². The molecule has 0 bridgehead atoms. The molecule has 0 radical (unpaired) electrons. The van der Waals surface area contributed by atoms with Crippen LogP contribution in [-0.2, 0) is 10.0 Å². The number of anilines is 1. The fourth-order valence-electron chi connectivity index (χ4n) is 3.83. The number of nitrogens with one attached hydrogen (secondary N) is 1. The minimum absolute atomic E-state index is 0.388. The number of nitrogens with zero attached hydrogens (tertiary/aromatic N) is 2. The molecule has 1 aliphatic heterocycles. The Morgan fingerprint density at radius 3 is 2.20 bits per heavy atom. The van der Waals surface area contributed by atoms with Crippen molar-refractivity contribution in [1.29, 1.82) is 0 Å². The van der Waals surface area contributed by atoms with Gasteiger partial charge in [-0.25, -0.2) is 13.1 Å². The summed E-state index contributed by atoms with van der Waals surface area (Å²) in [6.45, 7) is 11.0. The van der Waals surface area contributed by atoms with Gasteiger partial charge in [0, 0.05) is 38.4 Å². The Kier molecular flexibility index (Phi) is 7.39. The van der Waals surface area contributed by atoms with Crippen LogP contribution in [0.25, 0.3) is 0 Å². The van der Waals surface area contributed by atoms with Crippen LogP contribution in [0.15, 0.2) is 41.3 Å². The third-order valence-corrected chi connectivity index (χ3v) is 7.44. The largest absolute Gasteiger partial charge is 0.497 e. The van der Waals surface area contributed by atoms with Crippen molar-refractivity contribution < 1.29 is 13.2 Å². The fourth-order valence-corrected chi connectivity index (χ4v) is 5.22. The summed E-state index contributed by atoms with van der Waals surface area (Å²) in [5.74, 6) is 0.871. The van der Waals surface area contributed by atoms with Crippen molar-refractivity contribution in [3.8, 4) is 5.75 Å². The van der Waals surface area contributed by atoms with E-state index in [0.717, 1.165) is 61.6 Å². The molecular formula is C23H33N3O3S. The molecule has 0 atom stereocenters. The molecular weight excluding hydrogens is 398 g/mol. The molecule has 1 saturated heterocycles. The Labute approximate surface area is 180 Å². The van der Waals surface area contributed by atoms with E-state index in [4.69, 9.17) is 4.74 Å². The molecule has 0 spiro atoms. The van der Waals surface area contributed by atoms with Gasteiger partial charge in [-0.3, -0.25) is 4.90 Å². The number of piperazine rings is 1. The quantitative estimate of drug-likeness (QED) is 0.651. The van der Waals surface area contributed by atoms with Gasteiger partial charge >= 0.3 is 0 Å². The maximum atomic E-state index is 12.7. The molecule has 0 aliphatic carbocycles. The smallest absolute Gasteiger partial charge is 0.240 e. The summed E-state index contributed by atoms with van der Waals surface area (Å²) >= 11 is 0. The van der Waals surface area contributed by atoms with E-state index in [0.29, 0.717) is 11.4 Å². The molecule has 1 heterocycles. The average Bonchev–Trinajstić information content (AvgIpc) is 2.74. The number of rotatable bonds is 8. The fraction of sp³-hybridized carbons (Fsp3) is 0.478. The van der Waals surface area contributed by atoms with Gasteiger partial charge in [-0.1, -0.05) is 6.07 Å². The maximum absolute atomic E-state index is 12.7. The van der Waals surface area contributed by atoms with E-state index in [2.05, 4.69) is 26.7 Å². The molecule has 7 heteroatoms. The number of benzene rings is 2. The topological polar surface area (TPSA) is 61.9 Å². The second-order valence-corrected chi connectivity index (χ2v) is 9.72. The van der Waals surface area contributed by atoms with Crippen molar-refractivity contribution in [1.82, 2.24) is 9.62 Å². The average molecular weight is 432 g/mol. The van der Waals surface area contributed by atoms with E-state index in [1.807, 2.05) is 39.0 Å². The summed E-state index contributed by atoms with van der Waals surface area (Å²) < 4.78 is 33.3. The highest BCUT2D eigenvalue weighted by Crippen LogP contribution is 2.21. The van der Waals surface area contributed by atoms with Gasteiger partial charge in [-0.05, 0) is 80.8 Å². The molecule has 164 valence electrons. The molecule has 2 aromatic carbocycles. The van der Waals surface area contributed by atoms with Crippen LogP contribution in [0.3, 0.4) is 0 Å². The number of sulfonamides is 1. The lowest BCUT2D eigenvalue weighted by molar-refractivity contribution is 0.255. The van der Waals surface area contributed by atoms with Gasteiger partial charge in [0.05, 0.1) is 12.0 Å². The van der Waals surface area contributed by atoms with E-state index in [1.165, 1.54) is 5.69 Å². The first kappa shape index (κ1) is 22.6. The van der Waals surface area contributed by atoms with Crippen LogP contribution in [0.5, 0.6) is 5.75 Å². The zero-order valence-electron chi connectivity index (χ0n) is 18.4. The van der Waals surface area contributed by atoms with Gasteiger partial charge in [0.2, 0.25) is 10.0 Å². The van der Waals surface area contributed by atoms with Gasteiger partial charge in [0.1, 0.15) is 5.75 Å². The van der Waals surface area contributed by atoms with Gasteiger partial charge in [-0.2, -0.15) is 0 Å². The van der Waals surface area contributed by atoms with Crippen molar-refractivity contribution in [2.45, 2.75) is 32.1 Å². The first-order chi connectivity index (χ1) is 14.3. The molecule has 0 amide bonds. The first-order valence-corrected chi connectivity index (χ1v) is 12.0. The molecule has 0 unspecified atom stereocenters. The standard InChI is InChI=1S/C23H33N3O3S/c1-18-16-20(3)23(17-19(18)2)30(27,28)24-10-5-11-25-12-14-26(15-13-25)21-6-8-22(29-4)9-7-21/h6-9,16-17,24H,5,10-15H2,1-4H3. The summed E-state index contributed by atoms with van der Waals surface area (Å²) in [4.78, 5) is 5.16. The monoisotopic (exact) mass is 431 g/mol. The van der Waals surface area contributed by atoms with E-state index in [1.54, 1.807) is 13.2 Å². The lowest BCUT2D eigenvalue weighted by Crippen LogP contribution is -2.47. The van der Waals surface area contributed by atoms with Crippen LogP contribution in [0.2, 0.25) is 0 Å². The molecule has 1 fully saturated rings.